The summed E-state index contributed by atoms with van der Waals surface area (Å²) < 4.78 is 75.2. The van der Waals surface area contributed by atoms with Crippen molar-refractivity contribution in [3.05, 3.63) is 59.4 Å². The summed E-state index contributed by atoms with van der Waals surface area (Å²) in [4.78, 5) is 26.2. The standard InChI is InChI=1S/C27H30F3N5O5S/c1-40-26(37)31-20-5-7-21(8-6-20)41(38,39)34-14-9-18(10-15-34)19-11-16-35-22(17-19)23(24(32-35)27(28,29)30)25(36)33-12-3-2-4-13-33/h5-8,11,16-18H,2-4,9-10,12-15H2,1H3,(H,31,37). The van der Waals surface area contributed by atoms with Crippen LogP contribution < -0.4 is 5.32 Å². The zero-order valence-corrected chi connectivity index (χ0v) is 23.2. The van der Waals surface area contributed by atoms with Gasteiger partial charge in [0.2, 0.25) is 10.0 Å². The number of sulfonamides is 1. The molecular weight excluding hydrogens is 563 g/mol. The number of hydrogen-bond donors (Lipinski definition) is 1. The van der Waals surface area contributed by atoms with Crippen LogP contribution in [0, 0.1) is 0 Å². The van der Waals surface area contributed by atoms with Gasteiger partial charge in [0.05, 0.1) is 23.1 Å². The van der Waals surface area contributed by atoms with Gasteiger partial charge in [-0.25, -0.2) is 17.7 Å². The predicted molar refractivity (Wildman–Crippen MR) is 143 cm³/mol. The van der Waals surface area contributed by atoms with E-state index in [-0.39, 0.29) is 29.4 Å². The van der Waals surface area contributed by atoms with E-state index in [1.54, 1.807) is 12.1 Å². The van der Waals surface area contributed by atoms with Crippen molar-refractivity contribution >= 4 is 33.2 Å². The molecule has 0 bridgehead atoms. The number of likely N-dealkylation sites (tertiary alicyclic amines) is 1. The molecule has 0 unspecified atom stereocenters. The smallest absolute Gasteiger partial charge is 0.436 e. The summed E-state index contributed by atoms with van der Waals surface area (Å²) >= 11 is 0. The Hall–Kier alpha value is -3.65. The molecule has 10 nitrogen and oxygen atoms in total. The van der Waals surface area contributed by atoms with Crippen LogP contribution in [0.1, 0.15) is 59.6 Å². The van der Waals surface area contributed by atoms with Crippen molar-refractivity contribution in [3.8, 4) is 0 Å². The van der Waals surface area contributed by atoms with E-state index < -0.39 is 39.5 Å². The molecule has 2 fully saturated rings. The number of ether oxygens (including phenoxy) is 1. The molecule has 41 heavy (non-hydrogen) atoms. The Balaban J connectivity index is 1.35. The summed E-state index contributed by atoms with van der Waals surface area (Å²) in [5.74, 6) is -0.779. The predicted octanol–water partition coefficient (Wildman–Crippen LogP) is 4.73. The molecule has 2 saturated heterocycles. The van der Waals surface area contributed by atoms with Crippen molar-refractivity contribution in [2.24, 2.45) is 0 Å². The van der Waals surface area contributed by atoms with Crippen molar-refractivity contribution in [2.75, 3.05) is 38.6 Å². The van der Waals surface area contributed by atoms with E-state index in [4.69, 9.17) is 0 Å². The van der Waals surface area contributed by atoms with Gasteiger partial charge in [-0.1, -0.05) is 0 Å². The van der Waals surface area contributed by atoms with Crippen LogP contribution in [0.2, 0.25) is 0 Å². The maximum atomic E-state index is 13.9. The van der Waals surface area contributed by atoms with Crippen molar-refractivity contribution in [1.82, 2.24) is 18.8 Å². The van der Waals surface area contributed by atoms with Crippen molar-refractivity contribution in [2.45, 2.75) is 49.1 Å². The van der Waals surface area contributed by atoms with E-state index in [0.717, 1.165) is 29.3 Å². The Kier molecular flexibility index (Phi) is 7.97. The van der Waals surface area contributed by atoms with Gasteiger partial charge in [0.1, 0.15) is 0 Å². The van der Waals surface area contributed by atoms with Gasteiger partial charge in [0, 0.05) is 38.1 Å². The van der Waals surface area contributed by atoms with Crippen LogP contribution in [0.15, 0.2) is 47.5 Å². The van der Waals surface area contributed by atoms with Crippen LogP contribution in [0.5, 0.6) is 0 Å². The number of alkyl halides is 3. The Bertz CT molecular complexity index is 1540. The first-order chi connectivity index (χ1) is 19.5. The van der Waals surface area contributed by atoms with Gasteiger partial charge >= 0.3 is 12.3 Å². The fourth-order valence-corrected chi connectivity index (χ4v) is 6.91. The number of benzene rings is 1. The second-order valence-electron chi connectivity index (χ2n) is 10.2. The number of hydrogen-bond acceptors (Lipinski definition) is 6. The maximum absolute atomic E-state index is 13.9. The van der Waals surface area contributed by atoms with E-state index in [1.807, 2.05) is 0 Å². The first kappa shape index (κ1) is 28.9. The summed E-state index contributed by atoms with van der Waals surface area (Å²) in [6, 6.07) is 9.00. The van der Waals surface area contributed by atoms with Crippen molar-refractivity contribution in [1.29, 1.82) is 0 Å². The number of nitrogens with zero attached hydrogens (tertiary/aromatic N) is 4. The average Bonchev–Trinajstić information content (AvgIpc) is 3.37. The number of methoxy groups -OCH3 is 1. The summed E-state index contributed by atoms with van der Waals surface area (Å²) in [5, 5.41) is 6.18. The number of aromatic nitrogens is 2. The zero-order chi connectivity index (χ0) is 29.4. The van der Waals surface area contributed by atoms with Gasteiger partial charge in [0.25, 0.3) is 5.91 Å². The Labute approximate surface area is 235 Å². The number of carbonyl (C=O) groups is 2. The molecular formula is C27H30F3N5O5S. The average molecular weight is 594 g/mol. The molecule has 0 spiro atoms. The highest BCUT2D eigenvalue weighted by Crippen LogP contribution is 2.36. The van der Waals surface area contributed by atoms with Gasteiger partial charge < -0.3 is 9.64 Å². The number of amides is 2. The van der Waals surface area contributed by atoms with Crippen molar-refractivity contribution in [3.63, 3.8) is 0 Å². The van der Waals surface area contributed by atoms with Crippen LogP contribution in [-0.2, 0) is 20.9 Å². The molecule has 2 aliphatic heterocycles. The highest BCUT2D eigenvalue weighted by atomic mass is 32.2. The Morgan fingerprint density at radius 3 is 2.27 bits per heavy atom. The molecule has 2 amide bonds. The van der Waals surface area contributed by atoms with Crippen LogP contribution in [0.25, 0.3) is 5.52 Å². The second-order valence-corrected chi connectivity index (χ2v) is 12.1. The molecule has 3 aromatic rings. The summed E-state index contributed by atoms with van der Waals surface area (Å²) in [6.45, 7) is 1.25. The minimum absolute atomic E-state index is 0.0765. The number of pyridine rings is 1. The highest BCUT2D eigenvalue weighted by molar-refractivity contribution is 7.89. The van der Waals surface area contributed by atoms with Gasteiger partial charge in [-0.2, -0.15) is 22.6 Å². The lowest BCUT2D eigenvalue weighted by Crippen LogP contribution is -2.38. The normalized spacial score (nSPS) is 17.5. The second kappa shape index (κ2) is 11.3. The molecule has 220 valence electrons. The first-order valence-electron chi connectivity index (χ1n) is 13.3. The van der Waals surface area contributed by atoms with Crippen LogP contribution in [-0.4, -0.2) is 72.5 Å². The number of anilines is 1. The lowest BCUT2D eigenvalue weighted by atomic mass is 9.90. The number of rotatable bonds is 5. The fraction of sp³-hybridized carbons (Fsp3) is 0.444. The number of piperidine rings is 2. The molecule has 1 aromatic carbocycles. The summed E-state index contributed by atoms with van der Waals surface area (Å²) in [7, 11) is -2.57. The quantitative estimate of drug-likeness (QED) is 0.458. The largest absolute Gasteiger partial charge is 0.453 e. The van der Waals surface area contributed by atoms with E-state index in [9.17, 15) is 31.2 Å². The van der Waals surface area contributed by atoms with E-state index in [2.05, 4.69) is 15.2 Å². The minimum Gasteiger partial charge on any atom is -0.453 e. The fourth-order valence-electron chi connectivity index (χ4n) is 5.44. The zero-order valence-electron chi connectivity index (χ0n) is 22.4. The number of nitrogens with one attached hydrogen (secondary N) is 1. The van der Waals surface area contributed by atoms with Crippen LogP contribution in [0.3, 0.4) is 0 Å². The van der Waals surface area contributed by atoms with Gasteiger partial charge in [-0.15, -0.1) is 0 Å². The van der Waals surface area contributed by atoms with Gasteiger partial charge in [0.15, 0.2) is 5.69 Å². The number of carbonyl (C=O) groups excluding carboxylic acids is 2. The molecule has 0 atom stereocenters. The maximum Gasteiger partial charge on any atom is 0.436 e. The van der Waals surface area contributed by atoms with E-state index in [1.165, 1.54) is 46.8 Å². The van der Waals surface area contributed by atoms with Gasteiger partial charge in [-0.05, 0) is 80.0 Å². The molecule has 1 N–H and O–H groups in total. The van der Waals surface area contributed by atoms with Crippen LogP contribution >= 0.6 is 0 Å². The van der Waals surface area contributed by atoms with Crippen LogP contribution in [0.4, 0.5) is 23.7 Å². The van der Waals surface area contributed by atoms with Gasteiger partial charge in [-0.3, -0.25) is 10.1 Å². The Morgan fingerprint density at radius 2 is 1.66 bits per heavy atom. The summed E-state index contributed by atoms with van der Waals surface area (Å²) in [6.07, 6.45) is -0.711. The number of halogens is 3. The number of fused-ring (bicyclic) bond motifs is 1. The monoisotopic (exact) mass is 593 g/mol. The lowest BCUT2D eigenvalue weighted by molar-refractivity contribution is -0.141. The lowest BCUT2D eigenvalue weighted by Gasteiger charge is -2.31. The van der Waals surface area contributed by atoms with Crippen molar-refractivity contribution < 1.29 is 35.9 Å². The summed E-state index contributed by atoms with van der Waals surface area (Å²) in [5.41, 5.74) is -0.419. The molecule has 0 aliphatic carbocycles. The molecule has 14 heteroatoms. The molecule has 2 aliphatic rings. The van der Waals surface area contributed by atoms with E-state index in [0.29, 0.717) is 31.6 Å². The third kappa shape index (κ3) is 5.89. The first-order valence-corrected chi connectivity index (χ1v) is 14.8. The molecule has 5 rings (SSSR count). The third-order valence-corrected chi connectivity index (χ3v) is 9.55. The molecule has 4 heterocycles. The molecule has 2 aromatic heterocycles. The SMILES string of the molecule is COC(=O)Nc1ccc(S(=O)(=O)N2CCC(c3ccn4nc(C(F)(F)F)c(C(=O)N5CCCCC5)c4c3)CC2)cc1. The molecule has 0 saturated carbocycles. The van der Waals surface area contributed by atoms with E-state index >= 15 is 0 Å². The molecule has 0 radical (unpaired) electrons. The Morgan fingerprint density at radius 1 is 1.00 bits per heavy atom. The topological polar surface area (TPSA) is 113 Å². The third-order valence-electron chi connectivity index (χ3n) is 7.63. The highest BCUT2D eigenvalue weighted by Gasteiger charge is 2.41. The minimum atomic E-state index is -4.79.